The Morgan fingerprint density at radius 1 is 1.05 bits per heavy atom. The molecule has 0 bridgehead atoms. The van der Waals surface area contributed by atoms with Gasteiger partial charge in [0.2, 0.25) is 0 Å². The summed E-state index contributed by atoms with van der Waals surface area (Å²) >= 11 is 0. The molecule has 0 atom stereocenters. The molecule has 0 unspecified atom stereocenters. The van der Waals surface area contributed by atoms with Gasteiger partial charge in [-0.15, -0.1) is 13.2 Å². The average molecular weight is 265 g/mol. The zero-order valence-electron chi connectivity index (χ0n) is 10.3. The lowest BCUT2D eigenvalue weighted by Crippen LogP contribution is -2.17. The minimum absolute atomic E-state index is 0.183. The van der Waals surface area contributed by atoms with Crippen molar-refractivity contribution >= 4 is 0 Å². The lowest BCUT2D eigenvalue weighted by Gasteiger charge is -2.13. The number of aryl methyl sites for hydroxylation is 1. The molecule has 2 aromatic rings. The largest absolute Gasteiger partial charge is 0.573 e. The molecule has 0 aliphatic heterocycles. The quantitative estimate of drug-likeness (QED) is 0.761. The molecule has 99 valence electrons. The number of ether oxygens (including phenoxy) is 1. The molecule has 4 heteroatoms. The molecule has 0 aliphatic rings. The zero-order valence-corrected chi connectivity index (χ0v) is 10.3. The van der Waals surface area contributed by atoms with E-state index in [-0.39, 0.29) is 5.75 Å². The van der Waals surface area contributed by atoms with Crippen LogP contribution in [0.4, 0.5) is 13.2 Å². The summed E-state index contributed by atoms with van der Waals surface area (Å²) in [6, 6.07) is 12.0. The van der Waals surface area contributed by atoms with Crippen LogP contribution in [0.1, 0.15) is 11.1 Å². The van der Waals surface area contributed by atoms with Crippen molar-refractivity contribution in [3.8, 4) is 16.9 Å². The topological polar surface area (TPSA) is 9.23 Å². The van der Waals surface area contributed by atoms with Crippen LogP contribution in [0.3, 0.4) is 0 Å². The molecule has 0 amide bonds. The first-order valence-electron chi connectivity index (χ1n) is 5.64. The molecule has 2 aromatic carbocycles. The minimum Gasteiger partial charge on any atom is -0.406 e. The number of rotatable bonds is 2. The van der Waals surface area contributed by atoms with E-state index in [2.05, 4.69) is 11.7 Å². The van der Waals surface area contributed by atoms with E-state index in [4.69, 9.17) is 0 Å². The standard InChI is InChI=1S/C15H12F3O/c1-10-5-3-4-6-13(10)12-7-8-14(11(2)9-12)19-15(16,17)18/h3-9H,1H2,2H3. The molecule has 0 aliphatic carbocycles. The lowest BCUT2D eigenvalue weighted by atomic mass is 9.99. The normalized spacial score (nSPS) is 11.4. The second kappa shape index (κ2) is 4.96. The van der Waals surface area contributed by atoms with E-state index < -0.39 is 6.36 Å². The Balaban J connectivity index is 2.37. The number of hydrogen-bond donors (Lipinski definition) is 0. The number of benzene rings is 2. The number of alkyl halides is 3. The predicted molar refractivity (Wildman–Crippen MR) is 67.8 cm³/mol. The van der Waals surface area contributed by atoms with Gasteiger partial charge < -0.3 is 4.74 Å². The van der Waals surface area contributed by atoms with E-state index in [9.17, 15) is 13.2 Å². The van der Waals surface area contributed by atoms with Crippen LogP contribution < -0.4 is 4.74 Å². The Kier molecular flexibility index (Phi) is 3.51. The molecule has 0 N–H and O–H groups in total. The fraction of sp³-hybridized carbons (Fsp3) is 0.133. The third-order valence-corrected chi connectivity index (χ3v) is 2.73. The monoisotopic (exact) mass is 265 g/mol. The van der Waals surface area contributed by atoms with Crippen molar-refractivity contribution in [2.75, 3.05) is 0 Å². The first-order valence-corrected chi connectivity index (χ1v) is 5.64. The molecule has 0 saturated heterocycles. The predicted octanol–water partition coefficient (Wildman–Crippen LogP) is 4.74. The van der Waals surface area contributed by atoms with Crippen LogP contribution in [0, 0.1) is 13.8 Å². The van der Waals surface area contributed by atoms with Crippen molar-refractivity contribution in [1.82, 2.24) is 0 Å². The van der Waals surface area contributed by atoms with E-state index in [0.29, 0.717) is 5.56 Å². The number of hydrogen-bond acceptors (Lipinski definition) is 1. The van der Waals surface area contributed by atoms with Gasteiger partial charge >= 0.3 is 6.36 Å². The van der Waals surface area contributed by atoms with E-state index >= 15 is 0 Å². The molecule has 0 aromatic heterocycles. The van der Waals surface area contributed by atoms with E-state index in [0.717, 1.165) is 16.7 Å². The smallest absolute Gasteiger partial charge is 0.406 e. The highest BCUT2D eigenvalue weighted by Crippen LogP contribution is 2.31. The van der Waals surface area contributed by atoms with Crippen LogP contribution in [0.5, 0.6) is 5.75 Å². The molecule has 2 rings (SSSR count). The minimum atomic E-state index is -4.67. The van der Waals surface area contributed by atoms with Gasteiger partial charge in [-0.1, -0.05) is 30.3 Å². The first-order chi connectivity index (χ1) is 8.87. The van der Waals surface area contributed by atoms with Crippen LogP contribution in [0.15, 0.2) is 42.5 Å². The third kappa shape index (κ3) is 3.28. The van der Waals surface area contributed by atoms with Crippen molar-refractivity contribution in [3.63, 3.8) is 0 Å². The molecule has 0 fully saturated rings. The van der Waals surface area contributed by atoms with Gasteiger partial charge in [-0.3, -0.25) is 0 Å². The Morgan fingerprint density at radius 3 is 2.32 bits per heavy atom. The second-order valence-electron chi connectivity index (χ2n) is 4.19. The Hall–Kier alpha value is -1.97. The number of halogens is 3. The van der Waals surface area contributed by atoms with E-state index in [1.807, 2.05) is 24.3 Å². The van der Waals surface area contributed by atoms with Crippen LogP contribution >= 0.6 is 0 Å². The summed E-state index contributed by atoms with van der Waals surface area (Å²) < 4.78 is 40.5. The van der Waals surface area contributed by atoms with Gasteiger partial charge in [0.25, 0.3) is 0 Å². The summed E-state index contributed by atoms with van der Waals surface area (Å²) in [7, 11) is 0. The maximum atomic E-state index is 12.2. The summed E-state index contributed by atoms with van der Waals surface area (Å²) in [6.07, 6.45) is -4.67. The Labute approximate surface area is 109 Å². The van der Waals surface area contributed by atoms with E-state index in [1.165, 1.54) is 6.07 Å². The summed E-state index contributed by atoms with van der Waals surface area (Å²) in [5.74, 6) is -0.183. The third-order valence-electron chi connectivity index (χ3n) is 2.73. The first kappa shape index (κ1) is 13.5. The van der Waals surface area contributed by atoms with Crippen LogP contribution in [0.25, 0.3) is 11.1 Å². The van der Waals surface area contributed by atoms with Crippen LogP contribution in [-0.4, -0.2) is 6.36 Å². The van der Waals surface area contributed by atoms with Gasteiger partial charge in [-0.2, -0.15) is 0 Å². The van der Waals surface area contributed by atoms with Gasteiger partial charge in [0.05, 0.1) is 0 Å². The summed E-state index contributed by atoms with van der Waals surface area (Å²) in [5.41, 5.74) is 2.96. The SMILES string of the molecule is [CH2]c1ccccc1-c1ccc(OC(F)(F)F)c(C)c1. The Bertz CT molecular complexity index is 588. The summed E-state index contributed by atoms with van der Waals surface area (Å²) in [6.45, 7) is 5.48. The maximum Gasteiger partial charge on any atom is 0.573 e. The van der Waals surface area contributed by atoms with Gasteiger partial charge in [0, 0.05) is 0 Å². The van der Waals surface area contributed by atoms with Crippen LogP contribution in [0.2, 0.25) is 0 Å². The van der Waals surface area contributed by atoms with Gasteiger partial charge in [0.15, 0.2) is 0 Å². The van der Waals surface area contributed by atoms with Crippen molar-refractivity contribution in [3.05, 3.63) is 60.5 Å². The second-order valence-corrected chi connectivity index (χ2v) is 4.19. The Morgan fingerprint density at radius 2 is 1.74 bits per heavy atom. The highest BCUT2D eigenvalue weighted by molar-refractivity contribution is 5.69. The van der Waals surface area contributed by atoms with Gasteiger partial charge in [-0.25, -0.2) is 0 Å². The van der Waals surface area contributed by atoms with Crippen molar-refractivity contribution in [1.29, 1.82) is 0 Å². The van der Waals surface area contributed by atoms with Gasteiger partial charge in [-0.05, 0) is 48.2 Å². The van der Waals surface area contributed by atoms with Crippen molar-refractivity contribution in [2.24, 2.45) is 0 Å². The molecule has 0 heterocycles. The lowest BCUT2D eigenvalue weighted by molar-refractivity contribution is -0.274. The molecule has 19 heavy (non-hydrogen) atoms. The molecule has 0 saturated carbocycles. The summed E-state index contributed by atoms with van der Waals surface area (Å²) in [4.78, 5) is 0. The fourth-order valence-corrected chi connectivity index (χ4v) is 1.86. The summed E-state index contributed by atoms with van der Waals surface area (Å²) in [5, 5.41) is 0. The van der Waals surface area contributed by atoms with E-state index in [1.54, 1.807) is 19.1 Å². The van der Waals surface area contributed by atoms with Crippen molar-refractivity contribution < 1.29 is 17.9 Å². The zero-order chi connectivity index (χ0) is 14.0. The molecule has 1 radical (unpaired) electrons. The molecule has 1 nitrogen and oxygen atoms in total. The van der Waals surface area contributed by atoms with Crippen molar-refractivity contribution in [2.45, 2.75) is 13.3 Å². The maximum absolute atomic E-state index is 12.2. The van der Waals surface area contributed by atoms with Crippen LogP contribution in [-0.2, 0) is 0 Å². The fourth-order valence-electron chi connectivity index (χ4n) is 1.86. The average Bonchev–Trinajstić information content (AvgIpc) is 2.31. The highest BCUT2D eigenvalue weighted by Gasteiger charge is 2.31. The molecule has 0 spiro atoms. The highest BCUT2D eigenvalue weighted by atomic mass is 19.4. The molecular formula is C15H12F3O. The molecular weight excluding hydrogens is 253 g/mol. The van der Waals surface area contributed by atoms with Gasteiger partial charge in [0.1, 0.15) is 5.75 Å².